The van der Waals surface area contributed by atoms with E-state index in [0.717, 1.165) is 37.4 Å². The summed E-state index contributed by atoms with van der Waals surface area (Å²) in [5, 5.41) is 6.19. The molecule has 7 heteroatoms. The largest absolute Gasteiger partial charge is 0.324 e. The molecule has 0 saturated carbocycles. The molecule has 0 radical (unpaired) electrons. The Kier molecular flexibility index (Phi) is 5.30. The maximum absolute atomic E-state index is 12.1. The van der Waals surface area contributed by atoms with Gasteiger partial charge in [0.05, 0.1) is 11.9 Å². The first-order valence-corrected chi connectivity index (χ1v) is 6.79. The summed E-state index contributed by atoms with van der Waals surface area (Å²) in [6, 6.07) is 3.72. The number of amides is 1. The monoisotopic (exact) mass is 307 g/mol. The summed E-state index contributed by atoms with van der Waals surface area (Å²) in [6.45, 7) is 1.83. The van der Waals surface area contributed by atoms with Crippen LogP contribution < -0.4 is 10.6 Å². The van der Waals surface area contributed by atoms with E-state index >= 15 is 0 Å². The fourth-order valence-corrected chi connectivity index (χ4v) is 2.34. The molecule has 2 aromatic rings. The van der Waals surface area contributed by atoms with Crippen LogP contribution in [-0.4, -0.2) is 33.5 Å². The Hall–Kier alpha value is -1.92. The summed E-state index contributed by atoms with van der Waals surface area (Å²) in [4.78, 5) is 20.4. The van der Waals surface area contributed by atoms with Crippen LogP contribution in [-0.2, 0) is 4.79 Å². The second kappa shape index (κ2) is 7.19. The quantitative estimate of drug-likeness (QED) is 0.904. The second-order valence-corrected chi connectivity index (χ2v) is 4.89. The van der Waals surface area contributed by atoms with Crippen LogP contribution >= 0.6 is 12.4 Å². The number of hydrogen-bond acceptors (Lipinski definition) is 4. The van der Waals surface area contributed by atoms with Gasteiger partial charge in [0.2, 0.25) is 5.91 Å². The molecule has 3 rings (SSSR count). The predicted octanol–water partition coefficient (Wildman–Crippen LogP) is 1.63. The van der Waals surface area contributed by atoms with E-state index in [-0.39, 0.29) is 24.2 Å². The Labute approximate surface area is 129 Å². The van der Waals surface area contributed by atoms with Gasteiger partial charge in [0.25, 0.3) is 0 Å². The molecule has 0 unspecified atom stereocenters. The topological polar surface area (TPSA) is 71.8 Å². The number of piperidine rings is 1. The number of rotatable bonds is 3. The number of hydrogen-bond donors (Lipinski definition) is 2. The Balaban J connectivity index is 0.00000161. The highest BCUT2D eigenvalue weighted by molar-refractivity contribution is 5.92. The number of pyridine rings is 1. The summed E-state index contributed by atoms with van der Waals surface area (Å²) in [5.74, 6) is 0.968. The van der Waals surface area contributed by atoms with Crippen LogP contribution in [0.1, 0.15) is 12.8 Å². The third-order valence-electron chi connectivity index (χ3n) is 3.49. The van der Waals surface area contributed by atoms with E-state index in [9.17, 15) is 4.79 Å². The van der Waals surface area contributed by atoms with Gasteiger partial charge in [-0.2, -0.15) is 0 Å². The molecule has 6 nitrogen and oxygen atoms in total. The molecule has 1 aliphatic heterocycles. The lowest BCUT2D eigenvalue weighted by Gasteiger charge is -2.21. The zero-order chi connectivity index (χ0) is 13.8. The lowest BCUT2D eigenvalue weighted by atomic mass is 9.97. The number of carbonyl (C=O) groups excluding carboxylic acids is 1. The standard InChI is InChI=1S/C14H17N5O.ClH/c20-14(11-3-5-15-6-4-11)18-12-1-2-13(17-9-12)19-8-7-16-10-19;/h1-2,7-11,15H,3-6H2,(H,18,20);1H. The van der Waals surface area contributed by atoms with E-state index in [0.29, 0.717) is 0 Å². The molecule has 112 valence electrons. The van der Waals surface area contributed by atoms with Crippen molar-refractivity contribution in [3.63, 3.8) is 0 Å². The summed E-state index contributed by atoms with van der Waals surface area (Å²) in [5.41, 5.74) is 0.734. The zero-order valence-corrected chi connectivity index (χ0v) is 12.3. The van der Waals surface area contributed by atoms with Crippen molar-refractivity contribution < 1.29 is 4.79 Å². The minimum atomic E-state index is 0. The first-order valence-electron chi connectivity index (χ1n) is 6.79. The van der Waals surface area contributed by atoms with Gasteiger partial charge in [0.1, 0.15) is 12.1 Å². The van der Waals surface area contributed by atoms with Crippen molar-refractivity contribution in [1.82, 2.24) is 19.9 Å². The van der Waals surface area contributed by atoms with Crippen molar-refractivity contribution in [1.29, 1.82) is 0 Å². The average Bonchev–Trinajstić information content (AvgIpc) is 3.03. The molecule has 2 aromatic heterocycles. The molecular weight excluding hydrogens is 290 g/mol. The van der Waals surface area contributed by atoms with Crippen molar-refractivity contribution in [2.24, 2.45) is 5.92 Å². The molecule has 1 saturated heterocycles. The van der Waals surface area contributed by atoms with Gasteiger partial charge in [-0.1, -0.05) is 0 Å². The average molecular weight is 308 g/mol. The van der Waals surface area contributed by atoms with Gasteiger partial charge in [0.15, 0.2) is 0 Å². The third kappa shape index (κ3) is 3.80. The molecule has 2 N–H and O–H groups in total. The minimum absolute atomic E-state index is 0. The Bertz CT molecular complexity index is 564. The van der Waals surface area contributed by atoms with E-state index in [1.807, 2.05) is 22.9 Å². The molecule has 3 heterocycles. The highest BCUT2D eigenvalue weighted by atomic mass is 35.5. The number of halogens is 1. The fraction of sp³-hybridized carbons (Fsp3) is 0.357. The highest BCUT2D eigenvalue weighted by Gasteiger charge is 2.20. The number of carbonyl (C=O) groups is 1. The molecule has 0 spiro atoms. The maximum atomic E-state index is 12.1. The molecule has 1 aliphatic rings. The van der Waals surface area contributed by atoms with Gasteiger partial charge in [-0.3, -0.25) is 9.36 Å². The number of anilines is 1. The molecule has 0 atom stereocenters. The van der Waals surface area contributed by atoms with Crippen molar-refractivity contribution in [2.75, 3.05) is 18.4 Å². The van der Waals surface area contributed by atoms with Crippen LogP contribution in [0, 0.1) is 5.92 Å². The Morgan fingerprint density at radius 2 is 2.14 bits per heavy atom. The van der Waals surface area contributed by atoms with Crippen LogP contribution in [0.5, 0.6) is 0 Å². The number of nitrogens with one attached hydrogen (secondary N) is 2. The third-order valence-corrected chi connectivity index (χ3v) is 3.49. The molecule has 0 aromatic carbocycles. The lowest BCUT2D eigenvalue weighted by Crippen LogP contribution is -2.34. The van der Waals surface area contributed by atoms with E-state index in [2.05, 4.69) is 20.6 Å². The van der Waals surface area contributed by atoms with E-state index < -0.39 is 0 Å². The summed E-state index contributed by atoms with van der Waals surface area (Å²) in [6.07, 6.45) is 8.69. The van der Waals surface area contributed by atoms with E-state index in [1.165, 1.54) is 0 Å². The maximum Gasteiger partial charge on any atom is 0.227 e. The number of aromatic nitrogens is 3. The predicted molar refractivity (Wildman–Crippen MR) is 82.8 cm³/mol. The Morgan fingerprint density at radius 3 is 2.76 bits per heavy atom. The van der Waals surface area contributed by atoms with Gasteiger partial charge >= 0.3 is 0 Å². The van der Waals surface area contributed by atoms with E-state index in [4.69, 9.17) is 0 Å². The van der Waals surface area contributed by atoms with Gasteiger partial charge in [-0.05, 0) is 38.1 Å². The van der Waals surface area contributed by atoms with Gasteiger partial charge in [0, 0.05) is 18.3 Å². The second-order valence-electron chi connectivity index (χ2n) is 4.89. The van der Waals surface area contributed by atoms with Crippen molar-refractivity contribution in [3.8, 4) is 5.82 Å². The molecule has 1 amide bonds. The first kappa shape index (κ1) is 15.5. The molecule has 0 bridgehead atoms. The van der Waals surface area contributed by atoms with Gasteiger partial charge < -0.3 is 10.6 Å². The smallest absolute Gasteiger partial charge is 0.227 e. The summed E-state index contributed by atoms with van der Waals surface area (Å²) < 4.78 is 1.82. The SMILES string of the molecule is Cl.O=C(Nc1ccc(-n2ccnc2)nc1)C1CCNCC1. The van der Waals surface area contributed by atoms with Crippen molar-refractivity contribution in [3.05, 3.63) is 37.1 Å². The van der Waals surface area contributed by atoms with Crippen molar-refractivity contribution >= 4 is 24.0 Å². The van der Waals surface area contributed by atoms with E-state index in [1.54, 1.807) is 18.7 Å². The van der Waals surface area contributed by atoms with Gasteiger partial charge in [-0.25, -0.2) is 9.97 Å². The summed E-state index contributed by atoms with van der Waals surface area (Å²) >= 11 is 0. The van der Waals surface area contributed by atoms with Crippen LogP contribution in [0.3, 0.4) is 0 Å². The normalized spacial score (nSPS) is 15.2. The highest BCUT2D eigenvalue weighted by Crippen LogP contribution is 2.15. The Morgan fingerprint density at radius 1 is 1.33 bits per heavy atom. The van der Waals surface area contributed by atoms with Crippen LogP contribution in [0.4, 0.5) is 5.69 Å². The molecule has 1 fully saturated rings. The number of imidazole rings is 1. The molecule has 21 heavy (non-hydrogen) atoms. The lowest BCUT2D eigenvalue weighted by molar-refractivity contribution is -0.120. The molecular formula is C14H18ClN5O. The van der Waals surface area contributed by atoms with Crippen LogP contribution in [0.2, 0.25) is 0 Å². The summed E-state index contributed by atoms with van der Waals surface area (Å²) in [7, 11) is 0. The van der Waals surface area contributed by atoms with Crippen LogP contribution in [0.25, 0.3) is 5.82 Å². The zero-order valence-electron chi connectivity index (χ0n) is 11.5. The fourth-order valence-electron chi connectivity index (χ4n) is 2.34. The minimum Gasteiger partial charge on any atom is -0.324 e. The van der Waals surface area contributed by atoms with Crippen LogP contribution in [0.15, 0.2) is 37.1 Å². The van der Waals surface area contributed by atoms with Crippen molar-refractivity contribution in [2.45, 2.75) is 12.8 Å². The van der Waals surface area contributed by atoms with Gasteiger partial charge in [-0.15, -0.1) is 12.4 Å². The molecule has 0 aliphatic carbocycles. The number of nitrogens with zero attached hydrogens (tertiary/aromatic N) is 3. The first-order chi connectivity index (χ1) is 9.83.